The number of benzene rings is 1. The van der Waals surface area contributed by atoms with Crippen molar-refractivity contribution in [2.24, 2.45) is 0 Å². The van der Waals surface area contributed by atoms with Crippen LogP contribution in [-0.4, -0.2) is 16.8 Å². The zero-order valence-corrected chi connectivity index (χ0v) is 13.0. The van der Waals surface area contributed by atoms with E-state index in [0.29, 0.717) is 11.2 Å². The third-order valence-electron chi connectivity index (χ3n) is 2.97. The van der Waals surface area contributed by atoms with Gasteiger partial charge in [0.05, 0.1) is 0 Å². The average Bonchev–Trinajstić information content (AvgIpc) is 2.26. The quantitative estimate of drug-likeness (QED) is 0.799. The molecule has 3 heteroatoms. The van der Waals surface area contributed by atoms with Crippen molar-refractivity contribution in [2.45, 2.75) is 50.9 Å². The molecule has 0 bridgehead atoms. The fourth-order valence-electron chi connectivity index (χ4n) is 2.03. The van der Waals surface area contributed by atoms with Crippen LogP contribution in [0, 0.1) is 6.92 Å². The Morgan fingerprint density at radius 3 is 2.61 bits per heavy atom. The minimum Gasteiger partial charge on any atom is -0.354 e. The molecular weight excluding hydrogens is 290 g/mol. The molecule has 0 aliphatic rings. The van der Waals surface area contributed by atoms with Gasteiger partial charge >= 0.3 is 0 Å². The number of hydrogen-bond donors (Lipinski definition) is 1. The minimum absolute atomic E-state index is 0.138. The van der Waals surface area contributed by atoms with Crippen molar-refractivity contribution in [3.05, 3.63) is 35.4 Å². The summed E-state index contributed by atoms with van der Waals surface area (Å²) in [7, 11) is 0. The standard InChI is InChI=1S/C15H22BrNO/c1-11-6-4-5-7-14(11)8-9-15(18)17-13(3)10-12(2)16/h4-7,12-13H,8-10H2,1-3H3,(H,17,18). The van der Waals surface area contributed by atoms with E-state index >= 15 is 0 Å². The Bertz CT molecular complexity index is 390. The maximum Gasteiger partial charge on any atom is 0.220 e. The molecule has 0 radical (unpaired) electrons. The number of nitrogens with one attached hydrogen (secondary N) is 1. The van der Waals surface area contributed by atoms with Gasteiger partial charge in [0, 0.05) is 17.3 Å². The van der Waals surface area contributed by atoms with Gasteiger partial charge in [-0.15, -0.1) is 0 Å². The maximum absolute atomic E-state index is 11.8. The lowest BCUT2D eigenvalue weighted by Gasteiger charge is -2.15. The number of amides is 1. The molecular formula is C15H22BrNO. The first-order chi connectivity index (χ1) is 8.49. The summed E-state index contributed by atoms with van der Waals surface area (Å²) in [5.74, 6) is 0.138. The third kappa shape index (κ3) is 5.67. The smallest absolute Gasteiger partial charge is 0.220 e. The highest BCUT2D eigenvalue weighted by atomic mass is 79.9. The topological polar surface area (TPSA) is 29.1 Å². The summed E-state index contributed by atoms with van der Waals surface area (Å²) < 4.78 is 0. The van der Waals surface area contributed by atoms with E-state index in [-0.39, 0.29) is 11.9 Å². The van der Waals surface area contributed by atoms with Crippen LogP contribution in [0.3, 0.4) is 0 Å². The lowest BCUT2D eigenvalue weighted by atomic mass is 10.0. The maximum atomic E-state index is 11.8. The summed E-state index contributed by atoms with van der Waals surface area (Å²) in [6.07, 6.45) is 2.33. The average molecular weight is 312 g/mol. The second kappa shape index (κ2) is 7.57. The SMILES string of the molecule is Cc1ccccc1CCC(=O)NC(C)CC(C)Br. The fourth-order valence-corrected chi connectivity index (χ4v) is 2.59. The normalized spacial score (nSPS) is 14.0. The highest BCUT2D eigenvalue weighted by Gasteiger charge is 2.10. The fraction of sp³-hybridized carbons (Fsp3) is 0.533. The Kier molecular flexibility index (Phi) is 6.41. The van der Waals surface area contributed by atoms with Gasteiger partial charge in [-0.05, 0) is 37.8 Å². The van der Waals surface area contributed by atoms with Crippen molar-refractivity contribution in [1.82, 2.24) is 5.32 Å². The number of rotatable bonds is 6. The Hall–Kier alpha value is -0.830. The first-order valence-corrected chi connectivity index (χ1v) is 7.38. The predicted octanol–water partition coefficient (Wildman–Crippen LogP) is 3.61. The van der Waals surface area contributed by atoms with Gasteiger partial charge in [0.25, 0.3) is 0 Å². The van der Waals surface area contributed by atoms with E-state index in [4.69, 9.17) is 0 Å². The number of alkyl halides is 1. The van der Waals surface area contributed by atoms with Gasteiger partial charge in [-0.2, -0.15) is 0 Å². The first kappa shape index (κ1) is 15.2. The molecule has 1 rings (SSSR count). The van der Waals surface area contributed by atoms with E-state index in [1.807, 2.05) is 19.1 Å². The van der Waals surface area contributed by atoms with Crippen LogP contribution in [0.5, 0.6) is 0 Å². The molecule has 0 saturated heterocycles. The number of halogens is 1. The molecule has 0 aliphatic heterocycles. The molecule has 0 fully saturated rings. The van der Waals surface area contributed by atoms with Crippen molar-refractivity contribution >= 4 is 21.8 Å². The molecule has 0 aromatic heterocycles. The molecule has 0 aliphatic carbocycles. The molecule has 2 atom stereocenters. The van der Waals surface area contributed by atoms with Crippen molar-refractivity contribution in [3.8, 4) is 0 Å². The summed E-state index contributed by atoms with van der Waals surface area (Å²) >= 11 is 3.50. The highest BCUT2D eigenvalue weighted by molar-refractivity contribution is 9.09. The Labute approximate surface area is 118 Å². The number of carbonyl (C=O) groups excluding carboxylic acids is 1. The number of aryl methyl sites for hydroxylation is 2. The van der Waals surface area contributed by atoms with Crippen LogP contribution >= 0.6 is 15.9 Å². The van der Waals surface area contributed by atoms with Crippen molar-refractivity contribution < 1.29 is 4.79 Å². The van der Waals surface area contributed by atoms with Crippen LogP contribution in [0.1, 0.15) is 37.8 Å². The minimum atomic E-state index is 0.138. The van der Waals surface area contributed by atoms with Gasteiger partial charge in [-0.25, -0.2) is 0 Å². The highest BCUT2D eigenvalue weighted by Crippen LogP contribution is 2.10. The Balaban J connectivity index is 2.35. The van der Waals surface area contributed by atoms with E-state index in [1.165, 1.54) is 11.1 Å². The molecule has 1 aromatic carbocycles. The molecule has 100 valence electrons. The number of carbonyl (C=O) groups is 1. The summed E-state index contributed by atoms with van der Waals surface area (Å²) in [6.45, 7) is 6.22. The summed E-state index contributed by atoms with van der Waals surface area (Å²) in [5.41, 5.74) is 2.52. The van der Waals surface area contributed by atoms with E-state index in [9.17, 15) is 4.79 Å². The second-order valence-electron chi connectivity index (χ2n) is 4.91. The van der Waals surface area contributed by atoms with E-state index < -0.39 is 0 Å². The van der Waals surface area contributed by atoms with Gasteiger partial charge in [0.1, 0.15) is 0 Å². The van der Waals surface area contributed by atoms with E-state index in [1.54, 1.807) is 0 Å². The van der Waals surface area contributed by atoms with Gasteiger partial charge in [-0.1, -0.05) is 47.1 Å². The predicted molar refractivity (Wildman–Crippen MR) is 80.1 cm³/mol. The summed E-state index contributed by atoms with van der Waals surface area (Å²) in [6, 6.07) is 8.45. The van der Waals surface area contributed by atoms with E-state index in [0.717, 1.165) is 12.8 Å². The zero-order chi connectivity index (χ0) is 13.5. The van der Waals surface area contributed by atoms with Crippen LogP contribution in [0.15, 0.2) is 24.3 Å². The Morgan fingerprint density at radius 1 is 1.33 bits per heavy atom. The molecule has 2 nitrogen and oxygen atoms in total. The second-order valence-corrected chi connectivity index (χ2v) is 6.47. The zero-order valence-electron chi connectivity index (χ0n) is 11.4. The van der Waals surface area contributed by atoms with Gasteiger partial charge in [-0.3, -0.25) is 4.79 Å². The third-order valence-corrected chi connectivity index (χ3v) is 3.34. The summed E-state index contributed by atoms with van der Waals surface area (Å²) in [4.78, 5) is 12.2. The monoisotopic (exact) mass is 311 g/mol. The molecule has 2 unspecified atom stereocenters. The van der Waals surface area contributed by atoms with Crippen molar-refractivity contribution in [1.29, 1.82) is 0 Å². The van der Waals surface area contributed by atoms with Crippen molar-refractivity contribution in [2.75, 3.05) is 0 Å². The summed E-state index contributed by atoms with van der Waals surface area (Å²) in [5, 5.41) is 3.03. The van der Waals surface area contributed by atoms with Crippen LogP contribution < -0.4 is 5.32 Å². The van der Waals surface area contributed by atoms with Crippen LogP contribution in [0.2, 0.25) is 0 Å². The molecule has 1 amide bonds. The molecule has 1 aromatic rings. The lowest BCUT2D eigenvalue weighted by Crippen LogP contribution is -2.34. The van der Waals surface area contributed by atoms with Gasteiger partial charge in [0.15, 0.2) is 0 Å². The Morgan fingerprint density at radius 2 is 2.00 bits per heavy atom. The van der Waals surface area contributed by atoms with Gasteiger partial charge in [0.2, 0.25) is 5.91 Å². The first-order valence-electron chi connectivity index (χ1n) is 6.47. The van der Waals surface area contributed by atoms with Crippen LogP contribution in [-0.2, 0) is 11.2 Å². The van der Waals surface area contributed by atoms with E-state index in [2.05, 4.69) is 47.2 Å². The van der Waals surface area contributed by atoms with Gasteiger partial charge < -0.3 is 5.32 Å². The molecule has 0 saturated carbocycles. The molecule has 18 heavy (non-hydrogen) atoms. The number of hydrogen-bond acceptors (Lipinski definition) is 1. The molecule has 1 N–H and O–H groups in total. The van der Waals surface area contributed by atoms with Crippen molar-refractivity contribution in [3.63, 3.8) is 0 Å². The molecule has 0 heterocycles. The van der Waals surface area contributed by atoms with Crippen LogP contribution in [0.25, 0.3) is 0 Å². The molecule has 0 spiro atoms. The largest absolute Gasteiger partial charge is 0.354 e. The van der Waals surface area contributed by atoms with Crippen LogP contribution in [0.4, 0.5) is 0 Å². The lowest BCUT2D eigenvalue weighted by molar-refractivity contribution is -0.121.